The summed E-state index contributed by atoms with van der Waals surface area (Å²) in [5.41, 5.74) is 4.97. The molecule has 0 aliphatic rings. The van der Waals surface area contributed by atoms with Crippen LogP contribution in [0.5, 0.6) is 0 Å². The quantitative estimate of drug-likeness (QED) is 0.0677. The summed E-state index contributed by atoms with van der Waals surface area (Å²) in [5.74, 6) is 0. The molecular weight excluding hydrogens is 540 g/mol. The number of hydrogen-bond donors (Lipinski definition) is 0. The third-order valence-electron chi connectivity index (χ3n) is 8.58. The largest absolute Gasteiger partial charge is 0.361 e. The Balaban J connectivity index is 1.86. The van der Waals surface area contributed by atoms with Crippen LogP contribution in [-0.2, 0) is 22.7 Å². The van der Waals surface area contributed by atoms with Gasteiger partial charge in [-0.05, 0) is 60.1 Å². The van der Waals surface area contributed by atoms with E-state index in [0.717, 1.165) is 39.6 Å². The first-order chi connectivity index (χ1) is 21.7. The number of nitrogens with zero attached hydrogens (tertiary/aromatic N) is 2. The molecule has 0 aliphatic carbocycles. The van der Waals surface area contributed by atoms with Crippen LogP contribution >= 0.6 is 0 Å². The summed E-state index contributed by atoms with van der Waals surface area (Å²) in [4.78, 5) is 5.04. The molecule has 250 valence electrons. The fourth-order valence-corrected chi connectivity index (χ4v) is 5.80. The molecule has 0 aliphatic heterocycles. The minimum Gasteiger partial charge on any atom is -0.361 e. The highest BCUT2D eigenvalue weighted by molar-refractivity contribution is 5.64. The van der Waals surface area contributed by atoms with Crippen molar-refractivity contribution in [3.8, 4) is 11.1 Å². The third-order valence-corrected chi connectivity index (χ3v) is 8.58. The van der Waals surface area contributed by atoms with Crippen molar-refractivity contribution in [2.75, 3.05) is 39.6 Å². The van der Waals surface area contributed by atoms with E-state index in [1.54, 1.807) is 0 Å². The maximum atomic E-state index is 6.26. The summed E-state index contributed by atoms with van der Waals surface area (Å²) in [6, 6.07) is 17.7. The van der Waals surface area contributed by atoms with Gasteiger partial charge in [0.2, 0.25) is 0 Å². The molecule has 0 saturated carbocycles. The van der Waals surface area contributed by atoms with Crippen molar-refractivity contribution in [3.63, 3.8) is 0 Å². The van der Waals surface area contributed by atoms with Crippen molar-refractivity contribution in [1.29, 1.82) is 0 Å². The second kappa shape index (κ2) is 26.5. The molecular formula is C40H68N2O2. The molecule has 2 aromatic carbocycles. The molecule has 0 atom stereocenters. The molecule has 0 spiro atoms. The highest BCUT2D eigenvalue weighted by Gasteiger charge is 2.08. The smallest absolute Gasteiger partial charge is 0.0994 e. The van der Waals surface area contributed by atoms with Crippen molar-refractivity contribution < 1.29 is 9.47 Å². The van der Waals surface area contributed by atoms with Crippen LogP contribution in [0.2, 0.25) is 0 Å². The van der Waals surface area contributed by atoms with E-state index in [-0.39, 0.29) is 0 Å². The van der Waals surface area contributed by atoms with Gasteiger partial charge in [0.25, 0.3) is 0 Å². The van der Waals surface area contributed by atoms with Crippen LogP contribution in [0.25, 0.3) is 11.1 Å². The maximum absolute atomic E-state index is 6.26. The summed E-state index contributed by atoms with van der Waals surface area (Å²) >= 11 is 0. The van der Waals surface area contributed by atoms with E-state index in [0.29, 0.717) is 13.2 Å². The molecule has 0 saturated heterocycles. The van der Waals surface area contributed by atoms with Gasteiger partial charge in [0.1, 0.15) is 0 Å². The van der Waals surface area contributed by atoms with Gasteiger partial charge in [0.15, 0.2) is 0 Å². The summed E-state index contributed by atoms with van der Waals surface area (Å²) in [5, 5.41) is 0. The first-order valence-corrected chi connectivity index (χ1v) is 18.5. The third kappa shape index (κ3) is 18.3. The van der Waals surface area contributed by atoms with Gasteiger partial charge in [0, 0.05) is 26.2 Å². The van der Waals surface area contributed by atoms with Gasteiger partial charge in [0.05, 0.1) is 26.7 Å². The first kappa shape index (κ1) is 38.5. The molecule has 0 unspecified atom stereocenters. The zero-order valence-corrected chi connectivity index (χ0v) is 29.3. The normalized spacial score (nSPS) is 11.7. The summed E-state index contributed by atoms with van der Waals surface area (Å²) in [6.45, 7) is 16.5. The van der Waals surface area contributed by atoms with Gasteiger partial charge in [-0.3, -0.25) is 9.80 Å². The number of unbranched alkanes of at least 4 members (excludes halogenated alkanes) is 12. The standard InChI is InChI=1S/C40H68N2O2/c1-5-9-13-15-19-29-41(27-17-11-7-3)35-43-33-37-23-21-25-39(31-37)40-26-22-24-38(32-40)34-44-36-42(28-18-12-8-4)30-20-16-14-10-6-2/h21-26,31-32H,5-20,27-30,33-36H2,1-4H3. The van der Waals surface area contributed by atoms with E-state index in [1.807, 2.05) is 0 Å². The second-order valence-electron chi connectivity index (χ2n) is 12.8. The lowest BCUT2D eigenvalue weighted by Crippen LogP contribution is -2.28. The van der Waals surface area contributed by atoms with Crippen molar-refractivity contribution in [2.24, 2.45) is 0 Å². The van der Waals surface area contributed by atoms with Crippen molar-refractivity contribution in [3.05, 3.63) is 59.7 Å². The maximum Gasteiger partial charge on any atom is 0.0994 e. The molecule has 4 nitrogen and oxygen atoms in total. The van der Waals surface area contributed by atoms with Crippen LogP contribution in [0.1, 0.15) is 142 Å². The van der Waals surface area contributed by atoms with Crippen molar-refractivity contribution >= 4 is 0 Å². The Bertz CT molecular complexity index is 858. The van der Waals surface area contributed by atoms with E-state index in [1.165, 1.54) is 125 Å². The Labute approximate surface area is 272 Å². The minimum absolute atomic E-state index is 0.656. The molecule has 0 aromatic heterocycles. The molecule has 44 heavy (non-hydrogen) atoms. The summed E-state index contributed by atoms with van der Waals surface area (Å²) in [6.07, 6.45) is 20.9. The second-order valence-corrected chi connectivity index (χ2v) is 12.8. The molecule has 4 heteroatoms. The number of ether oxygens (including phenoxy) is 2. The zero-order chi connectivity index (χ0) is 31.5. The van der Waals surface area contributed by atoms with Gasteiger partial charge >= 0.3 is 0 Å². The Morgan fingerprint density at radius 1 is 0.432 bits per heavy atom. The number of benzene rings is 2. The fraction of sp³-hybridized carbons (Fsp3) is 0.700. The van der Waals surface area contributed by atoms with E-state index in [9.17, 15) is 0 Å². The lowest BCUT2D eigenvalue weighted by atomic mass is 10.0. The predicted octanol–water partition coefficient (Wildman–Crippen LogP) is 11.2. The Kier molecular flexibility index (Phi) is 23.2. The molecule has 0 bridgehead atoms. The van der Waals surface area contributed by atoms with Crippen LogP contribution in [0.3, 0.4) is 0 Å². The topological polar surface area (TPSA) is 24.9 Å². The molecule has 0 amide bonds. The average Bonchev–Trinajstić information content (AvgIpc) is 3.04. The first-order valence-electron chi connectivity index (χ1n) is 18.5. The van der Waals surface area contributed by atoms with Crippen LogP contribution in [0, 0.1) is 0 Å². The lowest BCUT2D eigenvalue weighted by Gasteiger charge is -2.22. The molecule has 0 fully saturated rings. The Hall–Kier alpha value is -1.72. The predicted molar refractivity (Wildman–Crippen MR) is 191 cm³/mol. The van der Waals surface area contributed by atoms with E-state index in [4.69, 9.17) is 9.47 Å². The highest BCUT2D eigenvalue weighted by atomic mass is 16.5. The lowest BCUT2D eigenvalue weighted by molar-refractivity contribution is 0.0168. The van der Waals surface area contributed by atoms with Crippen LogP contribution in [0.15, 0.2) is 48.5 Å². The summed E-state index contributed by atoms with van der Waals surface area (Å²) < 4.78 is 12.5. The van der Waals surface area contributed by atoms with E-state index in [2.05, 4.69) is 86.0 Å². The zero-order valence-electron chi connectivity index (χ0n) is 29.3. The van der Waals surface area contributed by atoms with Crippen molar-refractivity contribution in [2.45, 2.75) is 144 Å². The monoisotopic (exact) mass is 609 g/mol. The molecule has 0 radical (unpaired) electrons. The van der Waals surface area contributed by atoms with Gasteiger partial charge in [-0.15, -0.1) is 0 Å². The Morgan fingerprint density at radius 2 is 0.773 bits per heavy atom. The molecule has 2 rings (SSSR count). The number of hydrogen-bond acceptors (Lipinski definition) is 4. The van der Waals surface area contributed by atoms with E-state index < -0.39 is 0 Å². The van der Waals surface area contributed by atoms with Gasteiger partial charge in [-0.2, -0.15) is 0 Å². The van der Waals surface area contributed by atoms with E-state index >= 15 is 0 Å². The number of rotatable bonds is 29. The van der Waals surface area contributed by atoms with Crippen LogP contribution in [-0.4, -0.2) is 49.4 Å². The van der Waals surface area contributed by atoms with Crippen molar-refractivity contribution in [1.82, 2.24) is 9.80 Å². The van der Waals surface area contributed by atoms with Gasteiger partial charge < -0.3 is 9.47 Å². The SMILES string of the molecule is CCCCCCCN(CCCCC)COCc1cccc(-c2cccc(COCN(CCCCC)CCCCCCC)c2)c1. The van der Waals surface area contributed by atoms with Crippen LogP contribution < -0.4 is 0 Å². The fourth-order valence-electron chi connectivity index (χ4n) is 5.80. The van der Waals surface area contributed by atoms with Crippen LogP contribution in [0.4, 0.5) is 0 Å². The van der Waals surface area contributed by atoms with Gasteiger partial charge in [-0.1, -0.05) is 141 Å². The average molecular weight is 609 g/mol. The Morgan fingerprint density at radius 3 is 1.16 bits per heavy atom. The minimum atomic E-state index is 0.656. The highest BCUT2D eigenvalue weighted by Crippen LogP contribution is 2.23. The van der Waals surface area contributed by atoms with Gasteiger partial charge in [-0.25, -0.2) is 0 Å². The molecule has 0 N–H and O–H groups in total. The summed E-state index contributed by atoms with van der Waals surface area (Å²) in [7, 11) is 0. The molecule has 2 aromatic rings. The molecule has 0 heterocycles.